The van der Waals surface area contributed by atoms with Crippen LogP contribution >= 0.6 is 0 Å². The molecule has 0 aliphatic carbocycles. The van der Waals surface area contributed by atoms with Gasteiger partial charge in [-0.15, -0.1) is 0 Å². The largest absolute Gasteiger partial charge is 1.00 e. The van der Waals surface area contributed by atoms with Crippen molar-refractivity contribution in [1.82, 2.24) is 0 Å². The summed E-state index contributed by atoms with van der Waals surface area (Å²) in [6, 6.07) is -2.61. The van der Waals surface area contributed by atoms with E-state index in [0.717, 1.165) is 64.2 Å². The molecule has 0 rings (SSSR count). The Morgan fingerprint density at radius 1 is 0.568 bits per heavy atom. The molecule has 14 nitrogen and oxygen atoms in total. The molecule has 0 saturated carbocycles. The molecule has 0 aromatic heterocycles. The van der Waals surface area contributed by atoms with Crippen LogP contribution in [-0.2, 0) is 47.8 Å². The van der Waals surface area contributed by atoms with Crippen molar-refractivity contribution in [2.75, 3.05) is 11.5 Å². The van der Waals surface area contributed by atoms with Gasteiger partial charge in [-0.3, -0.25) is 9.59 Å². The predicted molar refractivity (Wildman–Crippen MR) is 151 cm³/mol. The number of aliphatic carboxylic acids is 2. The first-order valence-electron chi connectivity index (χ1n) is 14.4. The summed E-state index contributed by atoms with van der Waals surface area (Å²) in [5.41, 5.74) is 10.3. The first kappa shape index (κ1) is 50.6. The second kappa shape index (κ2) is 30.1. The van der Waals surface area contributed by atoms with Gasteiger partial charge in [0.2, 0.25) is 0 Å². The fraction of sp³-hybridized carbons (Fsp3) is 0.846. The predicted octanol–water partition coefficient (Wildman–Crippen LogP) is -5.84. The van der Waals surface area contributed by atoms with E-state index in [1.807, 2.05) is 0 Å². The van der Waals surface area contributed by atoms with E-state index in [1.54, 1.807) is 0 Å². The van der Waals surface area contributed by atoms with Gasteiger partial charge < -0.3 is 39.6 Å². The van der Waals surface area contributed by atoms with E-state index in [0.29, 0.717) is 12.8 Å². The Hall–Kier alpha value is -0.300. The monoisotopic (exact) mass is 690 g/mol. The fourth-order valence-electron chi connectivity index (χ4n) is 3.35. The third-order valence-corrected chi connectivity index (χ3v) is 8.32. The molecule has 0 saturated heterocycles. The zero-order chi connectivity index (χ0) is 32.6. The smallest absolute Gasteiger partial charge is 0.548 e. The van der Waals surface area contributed by atoms with E-state index >= 15 is 0 Å². The Labute approximate surface area is 307 Å². The van der Waals surface area contributed by atoms with Gasteiger partial charge in [-0.1, -0.05) is 78.1 Å². The molecule has 0 radical (unpaired) electrons. The maximum atomic E-state index is 11.5. The van der Waals surface area contributed by atoms with Gasteiger partial charge in [-0.25, -0.2) is 0 Å². The summed E-state index contributed by atoms with van der Waals surface area (Å²) in [4.78, 5) is 43.3. The number of rotatable bonds is 24. The molecule has 0 unspecified atom stereocenters. The summed E-state index contributed by atoms with van der Waals surface area (Å²) < 4.78 is 54.7. The summed E-state index contributed by atoms with van der Waals surface area (Å²) >= 11 is 0. The summed E-state index contributed by atoms with van der Waals surface area (Å²) in [6.45, 7) is 4.19. The normalized spacial score (nSPS) is 12.3. The number of carboxylic acid groups (broad SMARTS) is 2. The standard InChI is InChI=1S/2C13H25NO6S.2Na/c2*1-2-3-4-5-6-7-10-21(18,19)20-12(15)9-8-11(14)13(16)17;;/h2*11H,2-10,14H2,1H3,(H,16,17);;/q;;2*+1/p-2/t2*11-;;/m00../s1. The second-order valence-electron chi connectivity index (χ2n) is 9.90. The van der Waals surface area contributed by atoms with Crippen LogP contribution < -0.4 is 80.8 Å². The number of hydrogen-bond acceptors (Lipinski definition) is 14. The SMILES string of the molecule is CCCCCCCCS(=O)(=O)OC(=O)CC[C@H](N)C(=O)[O-].CCCCCCCCS(=O)(=O)OC(=O)CC[C@H](N)C(=O)[O-].[Na+].[Na+]. The summed E-state index contributed by atoms with van der Waals surface area (Å²) in [7, 11) is -7.79. The van der Waals surface area contributed by atoms with Crippen LogP contribution in [0, 0.1) is 0 Å². The molecular formula is C26H48N2Na2O12S2. The molecule has 2 atom stereocenters. The number of hydrogen-bond donors (Lipinski definition) is 2. The number of carbonyl (C=O) groups excluding carboxylic acids is 4. The molecule has 0 aliphatic heterocycles. The quantitative estimate of drug-likeness (QED) is 0.0544. The zero-order valence-electron chi connectivity index (χ0n) is 26.8. The van der Waals surface area contributed by atoms with Crippen LogP contribution in [0.25, 0.3) is 0 Å². The molecule has 0 aromatic carbocycles. The van der Waals surface area contributed by atoms with Crippen molar-refractivity contribution in [3.8, 4) is 0 Å². The fourth-order valence-corrected chi connectivity index (χ4v) is 5.37. The second-order valence-corrected chi connectivity index (χ2v) is 13.3. The van der Waals surface area contributed by atoms with E-state index in [9.17, 15) is 46.2 Å². The van der Waals surface area contributed by atoms with Gasteiger partial charge in [0.25, 0.3) is 0 Å². The molecule has 0 fully saturated rings. The maximum absolute atomic E-state index is 11.5. The molecule has 0 bridgehead atoms. The van der Waals surface area contributed by atoms with Crippen LogP contribution in [0.5, 0.6) is 0 Å². The summed E-state index contributed by atoms with van der Waals surface area (Å²) in [6.07, 6.45) is 9.78. The van der Waals surface area contributed by atoms with Crippen LogP contribution in [0.3, 0.4) is 0 Å². The Morgan fingerprint density at radius 2 is 0.841 bits per heavy atom. The molecule has 0 heterocycles. The molecular weight excluding hydrogens is 642 g/mol. The van der Waals surface area contributed by atoms with Crippen molar-refractivity contribution < 1.29 is 114 Å². The number of nitrogens with two attached hydrogens (primary N) is 2. The number of unbranched alkanes of at least 4 members (excludes halogenated alkanes) is 10. The molecule has 44 heavy (non-hydrogen) atoms. The minimum Gasteiger partial charge on any atom is -0.548 e. The molecule has 18 heteroatoms. The van der Waals surface area contributed by atoms with Gasteiger partial charge in [-0.2, -0.15) is 16.8 Å². The first-order chi connectivity index (χ1) is 19.6. The minimum atomic E-state index is -3.90. The molecule has 0 aromatic rings. The third-order valence-electron chi connectivity index (χ3n) is 5.86. The Bertz CT molecular complexity index is 932. The molecule has 0 spiro atoms. The van der Waals surface area contributed by atoms with E-state index in [2.05, 4.69) is 22.2 Å². The molecule has 248 valence electrons. The Morgan fingerprint density at radius 3 is 1.11 bits per heavy atom. The number of carbonyl (C=O) groups is 4. The summed E-state index contributed by atoms with van der Waals surface area (Å²) in [5.74, 6) is -5.37. The van der Waals surface area contributed by atoms with Crippen molar-refractivity contribution in [1.29, 1.82) is 0 Å². The van der Waals surface area contributed by atoms with Crippen LogP contribution in [-0.4, -0.2) is 64.3 Å². The van der Waals surface area contributed by atoms with Gasteiger partial charge in [0.15, 0.2) is 0 Å². The Balaban J connectivity index is -0.000000348. The number of carboxylic acids is 2. The van der Waals surface area contributed by atoms with Gasteiger partial charge in [0.1, 0.15) is 0 Å². The van der Waals surface area contributed by atoms with Crippen molar-refractivity contribution >= 4 is 44.1 Å². The molecule has 4 N–H and O–H groups in total. The van der Waals surface area contributed by atoms with Crippen LogP contribution in [0.1, 0.15) is 117 Å². The Kier molecular flexibility index (Phi) is 34.5. The average Bonchev–Trinajstić information content (AvgIpc) is 2.89. The van der Waals surface area contributed by atoms with Crippen LogP contribution in [0.2, 0.25) is 0 Å². The van der Waals surface area contributed by atoms with E-state index in [1.165, 1.54) is 0 Å². The maximum Gasteiger partial charge on any atom is 1.00 e. The van der Waals surface area contributed by atoms with E-state index < -0.39 is 56.2 Å². The van der Waals surface area contributed by atoms with Crippen LogP contribution in [0.15, 0.2) is 0 Å². The van der Waals surface area contributed by atoms with Gasteiger partial charge in [-0.05, 0) is 25.7 Å². The summed E-state index contributed by atoms with van der Waals surface area (Å²) in [5, 5.41) is 20.7. The van der Waals surface area contributed by atoms with Crippen molar-refractivity contribution in [2.45, 2.75) is 129 Å². The molecule has 0 amide bonds. The zero-order valence-corrected chi connectivity index (χ0v) is 32.4. The third kappa shape index (κ3) is 33.1. The van der Waals surface area contributed by atoms with Crippen LogP contribution in [0.4, 0.5) is 0 Å². The van der Waals surface area contributed by atoms with Crippen molar-refractivity contribution in [3.63, 3.8) is 0 Å². The average molecular weight is 691 g/mol. The first-order valence-corrected chi connectivity index (χ1v) is 17.5. The van der Waals surface area contributed by atoms with E-state index in [-0.39, 0.29) is 96.3 Å². The minimum absolute atomic E-state index is 0. The van der Waals surface area contributed by atoms with E-state index in [4.69, 9.17) is 11.5 Å². The van der Waals surface area contributed by atoms with Crippen molar-refractivity contribution in [3.05, 3.63) is 0 Å². The van der Waals surface area contributed by atoms with Gasteiger partial charge in [0.05, 0.1) is 23.4 Å². The topological polar surface area (TPSA) is 253 Å². The van der Waals surface area contributed by atoms with Gasteiger partial charge in [0, 0.05) is 24.9 Å². The van der Waals surface area contributed by atoms with Gasteiger partial charge >= 0.3 is 91.3 Å². The molecule has 0 aliphatic rings. The van der Waals surface area contributed by atoms with Crippen molar-refractivity contribution in [2.24, 2.45) is 11.5 Å².